The minimum atomic E-state index is 0.554. The molecular formula is C8H14N2O2. The van der Waals surface area contributed by atoms with E-state index in [0.29, 0.717) is 19.2 Å². The van der Waals surface area contributed by atoms with Gasteiger partial charge in [-0.3, -0.25) is 0 Å². The summed E-state index contributed by atoms with van der Waals surface area (Å²) in [5.41, 5.74) is 0. The predicted molar refractivity (Wildman–Crippen MR) is 45.2 cm³/mol. The summed E-state index contributed by atoms with van der Waals surface area (Å²) in [5.74, 6) is 0. The normalized spacial score (nSPS) is 10.2. The standard InChI is InChI=1S/C8H14N2O2/c1-3-11-6-7-12-8-9-4-5-10(8)2/h4-5H,3,6-7H2,1-2H3. The van der Waals surface area contributed by atoms with Gasteiger partial charge in [-0.25, -0.2) is 4.98 Å². The van der Waals surface area contributed by atoms with Crippen LogP contribution in [0.5, 0.6) is 6.01 Å². The molecule has 68 valence electrons. The lowest BCUT2D eigenvalue weighted by Gasteiger charge is -2.04. The molecule has 0 saturated carbocycles. The van der Waals surface area contributed by atoms with Gasteiger partial charge in [0.05, 0.1) is 6.61 Å². The van der Waals surface area contributed by atoms with E-state index >= 15 is 0 Å². The van der Waals surface area contributed by atoms with Crippen LogP contribution in [-0.4, -0.2) is 29.4 Å². The van der Waals surface area contributed by atoms with Gasteiger partial charge in [-0.15, -0.1) is 0 Å². The van der Waals surface area contributed by atoms with Gasteiger partial charge in [0.1, 0.15) is 6.61 Å². The Labute approximate surface area is 72.1 Å². The molecule has 1 rings (SSSR count). The number of aromatic nitrogens is 2. The Morgan fingerprint density at radius 2 is 2.33 bits per heavy atom. The molecule has 12 heavy (non-hydrogen) atoms. The lowest BCUT2D eigenvalue weighted by molar-refractivity contribution is 0.105. The van der Waals surface area contributed by atoms with E-state index in [1.807, 2.05) is 24.7 Å². The van der Waals surface area contributed by atoms with E-state index in [9.17, 15) is 0 Å². The third-order valence-corrected chi connectivity index (χ3v) is 1.44. The van der Waals surface area contributed by atoms with Gasteiger partial charge in [0, 0.05) is 26.0 Å². The van der Waals surface area contributed by atoms with Crippen LogP contribution < -0.4 is 4.74 Å². The molecule has 0 N–H and O–H groups in total. The van der Waals surface area contributed by atoms with Crippen molar-refractivity contribution in [3.63, 3.8) is 0 Å². The zero-order valence-electron chi connectivity index (χ0n) is 7.49. The highest BCUT2D eigenvalue weighted by molar-refractivity contribution is 4.96. The van der Waals surface area contributed by atoms with Crippen molar-refractivity contribution in [2.45, 2.75) is 6.92 Å². The van der Waals surface area contributed by atoms with Gasteiger partial charge >= 0.3 is 0 Å². The van der Waals surface area contributed by atoms with Crippen molar-refractivity contribution in [2.24, 2.45) is 7.05 Å². The van der Waals surface area contributed by atoms with Crippen LogP contribution >= 0.6 is 0 Å². The second-order valence-corrected chi connectivity index (χ2v) is 2.37. The van der Waals surface area contributed by atoms with Gasteiger partial charge in [0.2, 0.25) is 0 Å². The van der Waals surface area contributed by atoms with Gasteiger partial charge in [-0.05, 0) is 6.92 Å². The highest BCUT2D eigenvalue weighted by Crippen LogP contribution is 2.02. The van der Waals surface area contributed by atoms with Crippen molar-refractivity contribution in [1.82, 2.24) is 9.55 Å². The van der Waals surface area contributed by atoms with Crippen LogP contribution in [0.25, 0.3) is 0 Å². The van der Waals surface area contributed by atoms with Crippen LogP contribution in [0.1, 0.15) is 6.92 Å². The Morgan fingerprint density at radius 3 is 2.92 bits per heavy atom. The molecule has 0 atom stereocenters. The second kappa shape index (κ2) is 4.77. The van der Waals surface area contributed by atoms with Crippen molar-refractivity contribution < 1.29 is 9.47 Å². The second-order valence-electron chi connectivity index (χ2n) is 2.37. The summed E-state index contributed by atoms with van der Waals surface area (Å²) in [6.07, 6.45) is 3.55. The first-order valence-corrected chi connectivity index (χ1v) is 4.02. The summed E-state index contributed by atoms with van der Waals surface area (Å²) in [6.45, 7) is 3.85. The van der Waals surface area contributed by atoms with Gasteiger partial charge in [-0.2, -0.15) is 0 Å². The number of nitrogens with zero attached hydrogens (tertiary/aromatic N) is 2. The van der Waals surface area contributed by atoms with E-state index in [4.69, 9.17) is 9.47 Å². The molecule has 0 saturated heterocycles. The lowest BCUT2D eigenvalue weighted by atomic mass is 10.7. The zero-order valence-corrected chi connectivity index (χ0v) is 7.49. The summed E-state index contributed by atoms with van der Waals surface area (Å²) < 4.78 is 12.2. The minimum Gasteiger partial charge on any atom is -0.462 e. The average Bonchev–Trinajstić information content (AvgIpc) is 2.46. The molecule has 0 spiro atoms. The minimum absolute atomic E-state index is 0.554. The lowest BCUT2D eigenvalue weighted by Crippen LogP contribution is -2.08. The van der Waals surface area contributed by atoms with Crippen molar-refractivity contribution in [3.8, 4) is 6.01 Å². The summed E-state index contributed by atoms with van der Waals surface area (Å²) in [4.78, 5) is 4.00. The first-order chi connectivity index (χ1) is 5.84. The number of ether oxygens (including phenoxy) is 2. The SMILES string of the molecule is CCOCCOc1nccn1C. The highest BCUT2D eigenvalue weighted by Gasteiger charge is 1.97. The third-order valence-electron chi connectivity index (χ3n) is 1.44. The molecule has 0 unspecified atom stereocenters. The van der Waals surface area contributed by atoms with Gasteiger partial charge in [-0.1, -0.05) is 0 Å². The summed E-state index contributed by atoms with van der Waals surface area (Å²) in [6, 6.07) is 0.634. The summed E-state index contributed by atoms with van der Waals surface area (Å²) in [7, 11) is 1.89. The summed E-state index contributed by atoms with van der Waals surface area (Å²) in [5, 5.41) is 0. The Bertz CT molecular complexity index is 223. The van der Waals surface area contributed by atoms with E-state index in [1.165, 1.54) is 0 Å². The van der Waals surface area contributed by atoms with Gasteiger partial charge in [0.25, 0.3) is 6.01 Å². The van der Waals surface area contributed by atoms with Crippen LogP contribution in [0.2, 0.25) is 0 Å². The molecule has 0 bridgehead atoms. The predicted octanol–water partition coefficient (Wildman–Crippen LogP) is 0.835. The van der Waals surface area contributed by atoms with E-state index in [-0.39, 0.29) is 0 Å². The molecule has 4 nitrogen and oxygen atoms in total. The monoisotopic (exact) mass is 170 g/mol. The maximum atomic E-state index is 5.31. The molecule has 1 heterocycles. The molecular weight excluding hydrogens is 156 g/mol. The van der Waals surface area contributed by atoms with Crippen LogP contribution in [0.4, 0.5) is 0 Å². The molecule has 0 radical (unpaired) electrons. The van der Waals surface area contributed by atoms with Crippen LogP contribution in [-0.2, 0) is 11.8 Å². The van der Waals surface area contributed by atoms with E-state index in [2.05, 4.69) is 4.98 Å². The molecule has 0 aliphatic carbocycles. The van der Waals surface area contributed by atoms with Crippen LogP contribution in [0.3, 0.4) is 0 Å². The van der Waals surface area contributed by atoms with Crippen molar-refractivity contribution >= 4 is 0 Å². The van der Waals surface area contributed by atoms with E-state index < -0.39 is 0 Å². The number of hydrogen-bond donors (Lipinski definition) is 0. The number of hydrogen-bond acceptors (Lipinski definition) is 3. The van der Waals surface area contributed by atoms with Gasteiger partial charge < -0.3 is 14.0 Å². The Kier molecular flexibility index (Phi) is 3.60. The molecule has 4 heteroatoms. The average molecular weight is 170 g/mol. The molecule has 0 aliphatic rings. The van der Waals surface area contributed by atoms with Crippen molar-refractivity contribution in [2.75, 3.05) is 19.8 Å². The molecule has 0 fully saturated rings. The number of rotatable bonds is 5. The van der Waals surface area contributed by atoms with E-state index in [0.717, 1.165) is 6.61 Å². The molecule has 0 amide bonds. The Morgan fingerprint density at radius 1 is 1.50 bits per heavy atom. The molecule has 1 aromatic heterocycles. The quantitative estimate of drug-likeness (QED) is 0.614. The third kappa shape index (κ3) is 2.54. The Balaban J connectivity index is 2.20. The summed E-state index contributed by atoms with van der Waals surface area (Å²) >= 11 is 0. The molecule has 0 aliphatic heterocycles. The van der Waals surface area contributed by atoms with Crippen molar-refractivity contribution in [3.05, 3.63) is 12.4 Å². The maximum Gasteiger partial charge on any atom is 0.296 e. The smallest absolute Gasteiger partial charge is 0.296 e. The number of imidazole rings is 1. The maximum absolute atomic E-state index is 5.31. The van der Waals surface area contributed by atoms with Crippen LogP contribution in [0, 0.1) is 0 Å². The fourth-order valence-corrected chi connectivity index (χ4v) is 0.827. The fourth-order valence-electron chi connectivity index (χ4n) is 0.827. The van der Waals surface area contributed by atoms with E-state index in [1.54, 1.807) is 6.20 Å². The van der Waals surface area contributed by atoms with Gasteiger partial charge in [0.15, 0.2) is 0 Å². The first-order valence-electron chi connectivity index (χ1n) is 4.02. The number of aryl methyl sites for hydroxylation is 1. The fraction of sp³-hybridized carbons (Fsp3) is 0.625. The zero-order chi connectivity index (χ0) is 8.81. The first kappa shape index (κ1) is 9.06. The molecule has 1 aromatic rings. The highest BCUT2D eigenvalue weighted by atomic mass is 16.5. The Hall–Kier alpha value is -1.03. The van der Waals surface area contributed by atoms with Crippen LogP contribution in [0.15, 0.2) is 12.4 Å². The topological polar surface area (TPSA) is 36.3 Å². The molecule has 0 aromatic carbocycles. The van der Waals surface area contributed by atoms with Crippen molar-refractivity contribution in [1.29, 1.82) is 0 Å². The largest absolute Gasteiger partial charge is 0.462 e.